The van der Waals surface area contributed by atoms with E-state index in [1.54, 1.807) is 24.5 Å². The van der Waals surface area contributed by atoms with E-state index in [0.29, 0.717) is 10.7 Å². The normalized spacial score (nSPS) is 10.8. The van der Waals surface area contributed by atoms with E-state index in [4.69, 9.17) is 0 Å². The Morgan fingerprint density at radius 1 is 1.06 bits per heavy atom. The fraction of sp³-hybridized carbons (Fsp3) is 0.136. The molecule has 2 aromatic heterocycles. The summed E-state index contributed by atoms with van der Waals surface area (Å²) in [7, 11) is 0. The van der Waals surface area contributed by atoms with Crippen molar-refractivity contribution in [2.75, 3.05) is 4.90 Å². The van der Waals surface area contributed by atoms with Crippen molar-refractivity contribution < 1.29 is 14.6 Å². The van der Waals surface area contributed by atoms with Crippen LogP contribution in [-0.2, 0) is 6.54 Å². The third-order valence-corrected chi connectivity index (χ3v) is 6.15. The Balaban J connectivity index is 1.85. The van der Waals surface area contributed by atoms with Gasteiger partial charge >= 0.3 is 0 Å². The van der Waals surface area contributed by atoms with Gasteiger partial charge in [-0.1, -0.05) is 23.5 Å². The summed E-state index contributed by atoms with van der Waals surface area (Å²) in [6.45, 7) is 3.99. The van der Waals surface area contributed by atoms with Crippen molar-refractivity contribution >= 4 is 44.0 Å². The van der Waals surface area contributed by atoms with Crippen molar-refractivity contribution in [1.29, 1.82) is 0 Å². The topological polar surface area (TPSA) is 132 Å². The van der Waals surface area contributed by atoms with Gasteiger partial charge in [0.25, 0.3) is 17.3 Å². The van der Waals surface area contributed by atoms with E-state index in [9.17, 15) is 25.0 Å². The van der Waals surface area contributed by atoms with Crippen molar-refractivity contribution in [3.8, 4) is 0 Å². The van der Waals surface area contributed by atoms with Gasteiger partial charge in [0.1, 0.15) is 0 Å². The minimum absolute atomic E-state index is 0.0843. The lowest BCUT2D eigenvalue weighted by Gasteiger charge is -2.20. The molecule has 1 amide bonds. The number of fused-ring (bicyclic) bond motifs is 1. The highest BCUT2D eigenvalue weighted by Crippen LogP contribution is 2.34. The monoisotopic (exact) mass is 463 g/mol. The predicted molar refractivity (Wildman–Crippen MR) is 124 cm³/mol. The number of carbonyl (C=O) groups is 1. The first-order valence-corrected chi connectivity index (χ1v) is 10.6. The van der Waals surface area contributed by atoms with Crippen LogP contribution in [0.4, 0.5) is 16.5 Å². The number of aromatic nitrogens is 2. The van der Waals surface area contributed by atoms with Gasteiger partial charge in [-0.05, 0) is 42.7 Å². The van der Waals surface area contributed by atoms with E-state index >= 15 is 0 Å². The predicted octanol–water partition coefficient (Wildman–Crippen LogP) is 4.97. The van der Waals surface area contributed by atoms with Crippen LogP contribution in [-0.4, -0.2) is 25.7 Å². The Kier molecular flexibility index (Phi) is 5.80. The number of carbonyl (C=O) groups excluding carboxylic acids is 1. The van der Waals surface area contributed by atoms with Gasteiger partial charge in [0.05, 0.1) is 38.2 Å². The highest BCUT2D eigenvalue weighted by atomic mass is 32.1. The van der Waals surface area contributed by atoms with Crippen LogP contribution in [0.15, 0.2) is 54.9 Å². The number of thiazole rings is 1. The Morgan fingerprint density at radius 2 is 1.76 bits per heavy atom. The molecule has 2 aromatic carbocycles. The van der Waals surface area contributed by atoms with E-state index in [1.807, 2.05) is 26.0 Å². The SMILES string of the molecule is Cc1cc(C)c2sc(N(Cc3cccnc3)C(=O)c3cc([N+](=O)[O-])cc([N+](=O)[O-])c3)nc2c1. The molecule has 166 valence electrons. The molecule has 2 heterocycles. The van der Waals surface area contributed by atoms with Gasteiger partial charge in [-0.2, -0.15) is 0 Å². The van der Waals surface area contributed by atoms with Crippen LogP contribution in [0.1, 0.15) is 27.0 Å². The van der Waals surface area contributed by atoms with E-state index < -0.39 is 27.1 Å². The molecule has 0 saturated heterocycles. The lowest BCUT2D eigenvalue weighted by molar-refractivity contribution is -0.394. The van der Waals surface area contributed by atoms with Gasteiger partial charge in [-0.3, -0.25) is 34.9 Å². The smallest absolute Gasteiger partial charge is 0.277 e. The summed E-state index contributed by atoms with van der Waals surface area (Å²) in [5.41, 5.74) is 2.21. The minimum Gasteiger partial charge on any atom is -0.279 e. The number of anilines is 1. The van der Waals surface area contributed by atoms with Gasteiger partial charge < -0.3 is 0 Å². The lowest BCUT2D eigenvalue weighted by atomic mass is 10.1. The average molecular weight is 463 g/mol. The zero-order valence-corrected chi connectivity index (χ0v) is 18.4. The second kappa shape index (κ2) is 8.71. The first-order valence-electron chi connectivity index (χ1n) is 9.75. The first kappa shape index (κ1) is 22.0. The van der Waals surface area contributed by atoms with Crippen LogP contribution >= 0.6 is 11.3 Å². The van der Waals surface area contributed by atoms with Crippen LogP contribution in [0, 0.1) is 34.1 Å². The Bertz CT molecular complexity index is 1370. The maximum Gasteiger partial charge on any atom is 0.277 e. The van der Waals surface area contributed by atoms with Crippen molar-refractivity contribution in [3.63, 3.8) is 0 Å². The highest BCUT2D eigenvalue weighted by Gasteiger charge is 2.26. The van der Waals surface area contributed by atoms with Gasteiger partial charge in [0.15, 0.2) is 5.13 Å². The number of nitro benzene ring substituents is 2. The highest BCUT2D eigenvalue weighted by molar-refractivity contribution is 7.22. The van der Waals surface area contributed by atoms with Crippen molar-refractivity contribution in [3.05, 3.63) is 97.3 Å². The zero-order valence-electron chi connectivity index (χ0n) is 17.6. The second-order valence-electron chi connectivity index (χ2n) is 7.43. The molecule has 33 heavy (non-hydrogen) atoms. The Labute approximate surface area is 191 Å². The van der Waals surface area contributed by atoms with E-state index in [-0.39, 0.29) is 12.1 Å². The molecule has 0 saturated carbocycles. The number of nitro groups is 2. The van der Waals surface area contributed by atoms with E-state index in [1.165, 1.54) is 16.2 Å². The Hall–Kier alpha value is -4.25. The molecule has 0 spiro atoms. The number of nitrogens with zero attached hydrogens (tertiary/aromatic N) is 5. The number of hydrogen-bond donors (Lipinski definition) is 0. The van der Waals surface area contributed by atoms with Gasteiger partial charge in [0, 0.05) is 24.5 Å². The minimum atomic E-state index is -0.765. The standard InChI is InChI=1S/C22H17N5O5S/c1-13-6-14(2)20-19(7-13)24-22(33-20)25(12-15-4-3-5-23-11-15)21(28)16-8-17(26(29)30)10-18(9-16)27(31)32/h3-11H,12H2,1-2H3. The maximum absolute atomic E-state index is 13.6. The molecule has 0 aliphatic rings. The number of pyridine rings is 1. The molecule has 0 radical (unpaired) electrons. The molecule has 11 heteroatoms. The molecular weight excluding hydrogens is 446 g/mol. The molecule has 10 nitrogen and oxygen atoms in total. The number of non-ortho nitro benzene ring substituents is 2. The number of amides is 1. The first-order chi connectivity index (χ1) is 15.7. The van der Waals surface area contributed by atoms with Crippen LogP contribution in [0.2, 0.25) is 0 Å². The number of hydrogen-bond acceptors (Lipinski definition) is 8. The van der Waals surface area contributed by atoms with Gasteiger partial charge in [0.2, 0.25) is 0 Å². The van der Waals surface area contributed by atoms with Crippen LogP contribution in [0.25, 0.3) is 10.2 Å². The summed E-state index contributed by atoms with van der Waals surface area (Å²) >= 11 is 1.31. The van der Waals surface area contributed by atoms with E-state index in [0.717, 1.165) is 39.5 Å². The molecule has 0 aliphatic carbocycles. The third kappa shape index (κ3) is 4.53. The molecule has 4 aromatic rings. The van der Waals surface area contributed by atoms with E-state index in [2.05, 4.69) is 9.97 Å². The second-order valence-corrected chi connectivity index (χ2v) is 8.41. The van der Waals surface area contributed by atoms with Crippen LogP contribution in [0.5, 0.6) is 0 Å². The molecule has 0 fully saturated rings. The zero-order chi connectivity index (χ0) is 23.7. The largest absolute Gasteiger partial charge is 0.279 e. The van der Waals surface area contributed by atoms with Crippen LogP contribution < -0.4 is 4.90 Å². The third-order valence-electron chi connectivity index (χ3n) is 4.92. The van der Waals surface area contributed by atoms with Gasteiger partial charge in [-0.15, -0.1) is 0 Å². The molecule has 0 N–H and O–H groups in total. The Morgan fingerprint density at radius 3 is 2.36 bits per heavy atom. The summed E-state index contributed by atoms with van der Waals surface area (Å²) in [5, 5.41) is 23.0. The average Bonchev–Trinajstić information content (AvgIpc) is 3.21. The molecule has 0 aliphatic heterocycles. The molecule has 0 unspecified atom stereocenters. The van der Waals surface area contributed by atoms with Crippen molar-refractivity contribution in [2.24, 2.45) is 0 Å². The maximum atomic E-state index is 13.6. The number of aryl methyl sites for hydroxylation is 2. The summed E-state index contributed by atoms with van der Waals surface area (Å²) in [6.07, 6.45) is 3.20. The van der Waals surface area contributed by atoms with Crippen molar-refractivity contribution in [1.82, 2.24) is 9.97 Å². The van der Waals surface area contributed by atoms with Crippen molar-refractivity contribution in [2.45, 2.75) is 20.4 Å². The summed E-state index contributed by atoms with van der Waals surface area (Å²) in [5.74, 6) is -0.640. The number of benzene rings is 2. The quantitative estimate of drug-likeness (QED) is 0.291. The fourth-order valence-corrected chi connectivity index (χ4v) is 4.48. The lowest BCUT2D eigenvalue weighted by Crippen LogP contribution is -2.30. The number of rotatable bonds is 6. The summed E-state index contributed by atoms with van der Waals surface area (Å²) in [4.78, 5) is 44.7. The summed E-state index contributed by atoms with van der Waals surface area (Å²) < 4.78 is 0.907. The summed E-state index contributed by atoms with van der Waals surface area (Å²) in [6, 6.07) is 10.3. The fourth-order valence-electron chi connectivity index (χ4n) is 3.47. The molecule has 0 bridgehead atoms. The molecule has 0 atom stereocenters. The van der Waals surface area contributed by atoms with Crippen LogP contribution in [0.3, 0.4) is 0 Å². The molecule has 4 rings (SSSR count). The van der Waals surface area contributed by atoms with Gasteiger partial charge in [-0.25, -0.2) is 4.98 Å². The molecular formula is C22H17N5O5S.